The molecule has 94 valence electrons. The van der Waals surface area contributed by atoms with Crippen LogP contribution in [0, 0.1) is 6.92 Å². The number of nitrogens with one attached hydrogen (secondary N) is 1. The lowest BCUT2D eigenvalue weighted by molar-refractivity contribution is 0.0122. The van der Waals surface area contributed by atoms with Gasteiger partial charge in [0.15, 0.2) is 0 Å². The number of methoxy groups -OCH3 is 1. The van der Waals surface area contributed by atoms with Gasteiger partial charge in [-0.25, -0.2) is 0 Å². The van der Waals surface area contributed by atoms with Crippen LogP contribution in [-0.2, 0) is 4.74 Å². The minimum atomic E-state index is 0.0116. The minimum Gasteiger partial charge on any atom is -0.496 e. The zero-order valence-corrected chi connectivity index (χ0v) is 11.0. The zero-order valence-electron chi connectivity index (χ0n) is 11.0. The van der Waals surface area contributed by atoms with E-state index in [2.05, 4.69) is 38.2 Å². The summed E-state index contributed by atoms with van der Waals surface area (Å²) in [5.41, 5.74) is 2.43. The van der Waals surface area contributed by atoms with Crippen LogP contribution >= 0.6 is 0 Å². The van der Waals surface area contributed by atoms with Crippen LogP contribution in [0.4, 0.5) is 0 Å². The van der Waals surface area contributed by atoms with Gasteiger partial charge in [-0.2, -0.15) is 0 Å². The molecule has 1 aromatic rings. The highest BCUT2D eigenvalue weighted by Gasteiger charge is 2.30. The van der Waals surface area contributed by atoms with E-state index in [0.717, 1.165) is 12.4 Å². The Labute approximate surface area is 103 Å². The topological polar surface area (TPSA) is 30.5 Å². The molecule has 1 aliphatic rings. The summed E-state index contributed by atoms with van der Waals surface area (Å²) in [6.07, 6.45) is 0. The fourth-order valence-electron chi connectivity index (χ4n) is 2.28. The van der Waals surface area contributed by atoms with E-state index in [1.807, 2.05) is 6.07 Å². The number of rotatable bonds is 2. The number of benzene rings is 1. The van der Waals surface area contributed by atoms with E-state index >= 15 is 0 Å². The van der Waals surface area contributed by atoms with Crippen molar-refractivity contribution in [1.29, 1.82) is 0 Å². The maximum Gasteiger partial charge on any atom is 0.123 e. The van der Waals surface area contributed by atoms with Gasteiger partial charge in [0, 0.05) is 11.1 Å². The van der Waals surface area contributed by atoms with E-state index in [9.17, 15) is 0 Å². The molecule has 1 fully saturated rings. The number of morpholine rings is 1. The maximum atomic E-state index is 5.67. The Balaban J connectivity index is 2.29. The average molecular weight is 235 g/mol. The van der Waals surface area contributed by atoms with Crippen molar-refractivity contribution in [2.75, 3.05) is 20.3 Å². The van der Waals surface area contributed by atoms with Crippen LogP contribution in [0.15, 0.2) is 18.2 Å². The molecule has 1 aliphatic heterocycles. The molecule has 0 aromatic heterocycles. The SMILES string of the molecule is COc1ccc(C)cc1C1COCC(C)(C)N1. The molecule has 3 nitrogen and oxygen atoms in total. The van der Waals surface area contributed by atoms with Gasteiger partial charge in [0.2, 0.25) is 0 Å². The summed E-state index contributed by atoms with van der Waals surface area (Å²) < 4.78 is 11.1. The van der Waals surface area contributed by atoms with Gasteiger partial charge < -0.3 is 14.8 Å². The second kappa shape index (κ2) is 4.67. The van der Waals surface area contributed by atoms with Gasteiger partial charge in [-0.1, -0.05) is 17.7 Å². The van der Waals surface area contributed by atoms with Gasteiger partial charge in [-0.3, -0.25) is 0 Å². The van der Waals surface area contributed by atoms with Crippen LogP contribution in [-0.4, -0.2) is 25.9 Å². The van der Waals surface area contributed by atoms with Crippen molar-refractivity contribution >= 4 is 0 Å². The molecule has 1 atom stereocenters. The molecule has 1 unspecified atom stereocenters. The van der Waals surface area contributed by atoms with Crippen molar-refractivity contribution in [3.05, 3.63) is 29.3 Å². The van der Waals surface area contributed by atoms with E-state index < -0.39 is 0 Å². The van der Waals surface area contributed by atoms with E-state index in [0.29, 0.717) is 6.61 Å². The largest absolute Gasteiger partial charge is 0.496 e. The molecule has 0 spiro atoms. The van der Waals surface area contributed by atoms with Gasteiger partial charge in [0.05, 0.1) is 26.4 Å². The molecular formula is C14H21NO2. The average Bonchev–Trinajstić information content (AvgIpc) is 2.27. The Morgan fingerprint density at radius 1 is 1.41 bits per heavy atom. The van der Waals surface area contributed by atoms with E-state index in [1.165, 1.54) is 11.1 Å². The highest BCUT2D eigenvalue weighted by atomic mass is 16.5. The first-order valence-electron chi connectivity index (χ1n) is 6.02. The van der Waals surface area contributed by atoms with Crippen LogP contribution in [0.2, 0.25) is 0 Å². The number of hydrogen-bond donors (Lipinski definition) is 1. The molecule has 2 rings (SSSR count). The van der Waals surface area contributed by atoms with Gasteiger partial charge >= 0.3 is 0 Å². The summed E-state index contributed by atoms with van der Waals surface area (Å²) in [7, 11) is 1.71. The van der Waals surface area contributed by atoms with Crippen LogP contribution in [0.1, 0.15) is 31.0 Å². The standard InChI is InChI=1S/C14H21NO2/c1-10-5-6-13(16-4)11(7-10)12-8-17-9-14(2,3)15-12/h5-7,12,15H,8-9H2,1-4H3. The Bertz CT molecular complexity index is 401. The lowest BCUT2D eigenvalue weighted by Gasteiger charge is -2.37. The normalized spacial score (nSPS) is 23.4. The van der Waals surface area contributed by atoms with Crippen LogP contribution < -0.4 is 10.1 Å². The van der Waals surface area contributed by atoms with Gasteiger partial charge in [0.25, 0.3) is 0 Å². The predicted octanol–water partition coefficient (Wildman–Crippen LogP) is 2.44. The molecule has 0 radical (unpaired) electrons. The van der Waals surface area contributed by atoms with Crippen LogP contribution in [0.3, 0.4) is 0 Å². The highest BCUT2D eigenvalue weighted by molar-refractivity contribution is 5.39. The first-order chi connectivity index (χ1) is 8.02. The fourth-order valence-corrected chi connectivity index (χ4v) is 2.28. The summed E-state index contributed by atoms with van der Waals surface area (Å²) in [5.74, 6) is 0.925. The zero-order chi connectivity index (χ0) is 12.5. The van der Waals surface area contributed by atoms with Crippen LogP contribution in [0.25, 0.3) is 0 Å². The molecule has 3 heteroatoms. The van der Waals surface area contributed by atoms with Crippen molar-refractivity contribution in [2.24, 2.45) is 0 Å². The molecule has 0 bridgehead atoms. The molecule has 0 amide bonds. The Kier molecular flexibility index (Phi) is 3.40. The molecule has 1 aromatic carbocycles. The second-order valence-electron chi connectivity index (χ2n) is 5.34. The monoisotopic (exact) mass is 235 g/mol. The smallest absolute Gasteiger partial charge is 0.123 e. The van der Waals surface area contributed by atoms with Crippen molar-refractivity contribution in [3.8, 4) is 5.75 Å². The van der Waals surface area contributed by atoms with Crippen molar-refractivity contribution in [2.45, 2.75) is 32.4 Å². The third-order valence-electron chi connectivity index (χ3n) is 3.07. The molecular weight excluding hydrogens is 214 g/mol. The van der Waals surface area contributed by atoms with Crippen molar-refractivity contribution in [1.82, 2.24) is 5.32 Å². The second-order valence-corrected chi connectivity index (χ2v) is 5.34. The predicted molar refractivity (Wildman–Crippen MR) is 68.5 cm³/mol. The summed E-state index contributed by atoms with van der Waals surface area (Å²) in [4.78, 5) is 0. The van der Waals surface area contributed by atoms with E-state index in [-0.39, 0.29) is 11.6 Å². The first-order valence-corrected chi connectivity index (χ1v) is 6.02. The lowest BCUT2D eigenvalue weighted by atomic mass is 9.97. The molecule has 1 saturated heterocycles. The lowest BCUT2D eigenvalue weighted by Crippen LogP contribution is -2.51. The first kappa shape index (κ1) is 12.4. The third-order valence-corrected chi connectivity index (χ3v) is 3.07. The summed E-state index contributed by atoms with van der Waals surface area (Å²) in [6, 6.07) is 6.46. The van der Waals surface area contributed by atoms with Crippen molar-refractivity contribution in [3.63, 3.8) is 0 Å². The highest BCUT2D eigenvalue weighted by Crippen LogP contribution is 2.30. The quantitative estimate of drug-likeness (QED) is 0.854. The number of aryl methyl sites for hydroxylation is 1. The van der Waals surface area contributed by atoms with Gasteiger partial charge in [-0.15, -0.1) is 0 Å². The van der Waals surface area contributed by atoms with Crippen LogP contribution in [0.5, 0.6) is 5.75 Å². The molecule has 1 heterocycles. The molecule has 17 heavy (non-hydrogen) atoms. The summed E-state index contributed by atoms with van der Waals surface area (Å²) in [6.45, 7) is 7.85. The molecule has 1 N–H and O–H groups in total. The number of ether oxygens (including phenoxy) is 2. The number of hydrogen-bond acceptors (Lipinski definition) is 3. The Morgan fingerprint density at radius 3 is 2.82 bits per heavy atom. The van der Waals surface area contributed by atoms with E-state index in [1.54, 1.807) is 7.11 Å². The van der Waals surface area contributed by atoms with Gasteiger partial charge in [-0.05, 0) is 26.8 Å². The van der Waals surface area contributed by atoms with Crippen molar-refractivity contribution < 1.29 is 9.47 Å². The fraction of sp³-hybridized carbons (Fsp3) is 0.571. The Hall–Kier alpha value is -1.06. The summed E-state index contributed by atoms with van der Waals surface area (Å²) in [5, 5.41) is 3.61. The summed E-state index contributed by atoms with van der Waals surface area (Å²) >= 11 is 0. The Morgan fingerprint density at radius 2 is 2.18 bits per heavy atom. The minimum absolute atomic E-state index is 0.0116. The third kappa shape index (κ3) is 2.79. The maximum absolute atomic E-state index is 5.67. The van der Waals surface area contributed by atoms with E-state index in [4.69, 9.17) is 9.47 Å². The molecule has 0 saturated carbocycles. The van der Waals surface area contributed by atoms with Gasteiger partial charge in [0.1, 0.15) is 5.75 Å². The molecule has 0 aliphatic carbocycles.